The Morgan fingerprint density at radius 3 is 2.22 bits per heavy atom. The summed E-state index contributed by atoms with van der Waals surface area (Å²) >= 11 is 0. The van der Waals surface area contributed by atoms with E-state index >= 15 is 0 Å². The highest BCUT2D eigenvalue weighted by atomic mass is 16.3. The lowest BCUT2D eigenvalue weighted by molar-refractivity contribution is -0.114. The molecule has 2 rings (SSSR count). The Kier molecular flexibility index (Phi) is 5.49. The second kappa shape index (κ2) is 7.56. The predicted octanol–water partition coefficient (Wildman–Crippen LogP) is 2.67. The molecule has 0 radical (unpaired) electrons. The maximum atomic E-state index is 12.2. The van der Waals surface area contributed by atoms with E-state index in [1.807, 2.05) is 36.2 Å². The van der Waals surface area contributed by atoms with E-state index in [1.54, 1.807) is 12.1 Å². The van der Waals surface area contributed by atoms with E-state index in [1.165, 1.54) is 19.1 Å². The Morgan fingerprint density at radius 1 is 1.04 bits per heavy atom. The van der Waals surface area contributed by atoms with E-state index in [-0.39, 0.29) is 24.0 Å². The second-order valence-corrected chi connectivity index (χ2v) is 5.52. The molecule has 2 aromatic rings. The fraction of sp³-hybridized carbons (Fsp3) is 0.222. The van der Waals surface area contributed by atoms with Crippen molar-refractivity contribution in [1.82, 2.24) is 4.90 Å². The molecule has 5 nitrogen and oxygen atoms in total. The number of anilines is 1. The third-order valence-electron chi connectivity index (χ3n) is 3.33. The van der Waals surface area contributed by atoms with Crippen molar-refractivity contribution in [2.24, 2.45) is 0 Å². The third-order valence-corrected chi connectivity index (χ3v) is 3.33. The first-order valence-corrected chi connectivity index (χ1v) is 7.31. The van der Waals surface area contributed by atoms with Gasteiger partial charge in [0.2, 0.25) is 5.91 Å². The lowest BCUT2D eigenvalue weighted by atomic mass is 10.1. The minimum absolute atomic E-state index is 0.00219. The van der Waals surface area contributed by atoms with Crippen LogP contribution in [0.2, 0.25) is 0 Å². The van der Waals surface area contributed by atoms with Gasteiger partial charge in [0, 0.05) is 24.7 Å². The first kappa shape index (κ1) is 16.7. The van der Waals surface area contributed by atoms with E-state index in [4.69, 9.17) is 0 Å². The van der Waals surface area contributed by atoms with Crippen LogP contribution >= 0.6 is 0 Å². The summed E-state index contributed by atoms with van der Waals surface area (Å²) in [6.07, 6.45) is 0. The number of amides is 1. The van der Waals surface area contributed by atoms with Crippen molar-refractivity contribution >= 4 is 17.4 Å². The van der Waals surface area contributed by atoms with E-state index in [2.05, 4.69) is 5.32 Å². The van der Waals surface area contributed by atoms with Crippen molar-refractivity contribution < 1.29 is 14.7 Å². The van der Waals surface area contributed by atoms with Crippen molar-refractivity contribution in [2.45, 2.75) is 13.5 Å². The molecule has 5 heteroatoms. The number of nitrogens with zero attached hydrogens (tertiary/aromatic N) is 1. The van der Waals surface area contributed by atoms with Gasteiger partial charge in [0.25, 0.3) is 0 Å². The highest BCUT2D eigenvalue weighted by Gasteiger charge is 2.10. The SMILES string of the molecule is CC(=O)Nc1ccc(CN(C)CC(=O)c2ccc(O)cc2)cc1. The third kappa shape index (κ3) is 5.23. The molecule has 120 valence electrons. The zero-order valence-electron chi connectivity index (χ0n) is 13.2. The Labute approximate surface area is 135 Å². The number of carbonyl (C=O) groups is 2. The minimum atomic E-state index is -0.102. The number of benzene rings is 2. The van der Waals surface area contributed by atoms with Gasteiger partial charge in [-0.1, -0.05) is 12.1 Å². The number of likely N-dealkylation sites (N-methyl/N-ethyl adjacent to an activating group) is 1. The first-order chi connectivity index (χ1) is 10.9. The van der Waals surface area contributed by atoms with Crippen LogP contribution < -0.4 is 5.32 Å². The van der Waals surface area contributed by atoms with Crippen LogP contribution in [0.4, 0.5) is 5.69 Å². The number of phenols is 1. The molecule has 0 saturated carbocycles. The molecule has 1 amide bonds. The van der Waals surface area contributed by atoms with Gasteiger partial charge in [0.15, 0.2) is 5.78 Å². The van der Waals surface area contributed by atoms with Crippen LogP contribution in [0.3, 0.4) is 0 Å². The van der Waals surface area contributed by atoms with Gasteiger partial charge in [-0.05, 0) is 49.0 Å². The maximum absolute atomic E-state index is 12.2. The van der Waals surface area contributed by atoms with Crippen molar-refractivity contribution in [3.8, 4) is 5.75 Å². The number of nitrogens with one attached hydrogen (secondary N) is 1. The summed E-state index contributed by atoms with van der Waals surface area (Å²) in [7, 11) is 1.88. The molecule has 0 aromatic heterocycles. The molecule has 0 bridgehead atoms. The van der Waals surface area contributed by atoms with E-state index in [9.17, 15) is 14.7 Å². The average molecular weight is 312 g/mol. The van der Waals surface area contributed by atoms with Crippen LogP contribution in [0.5, 0.6) is 5.75 Å². The lowest BCUT2D eigenvalue weighted by Crippen LogP contribution is -2.25. The van der Waals surface area contributed by atoms with E-state index < -0.39 is 0 Å². The number of hydrogen-bond acceptors (Lipinski definition) is 4. The Morgan fingerprint density at radius 2 is 1.65 bits per heavy atom. The molecular weight excluding hydrogens is 292 g/mol. The number of Topliss-reactive ketones (excluding diaryl/α,β-unsaturated/α-hetero) is 1. The van der Waals surface area contributed by atoms with Crippen LogP contribution in [-0.4, -0.2) is 35.3 Å². The van der Waals surface area contributed by atoms with Gasteiger partial charge in [-0.2, -0.15) is 0 Å². The zero-order chi connectivity index (χ0) is 16.8. The number of hydrogen-bond donors (Lipinski definition) is 2. The Hall–Kier alpha value is -2.66. The highest BCUT2D eigenvalue weighted by molar-refractivity contribution is 5.97. The van der Waals surface area contributed by atoms with Crippen molar-refractivity contribution in [2.75, 3.05) is 18.9 Å². The van der Waals surface area contributed by atoms with Gasteiger partial charge in [-0.3, -0.25) is 14.5 Å². The van der Waals surface area contributed by atoms with E-state index in [0.29, 0.717) is 12.1 Å². The summed E-state index contributed by atoms with van der Waals surface area (Å²) < 4.78 is 0. The number of aromatic hydroxyl groups is 1. The van der Waals surface area contributed by atoms with Gasteiger partial charge in [-0.15, -0.1) is 0 Å². The number of carbonyl (C=O) groups excluding carboxylic acids is 2. The molecule has 0 heterocycles. The Balaban J connectivity index is 1.91. The van der Waals surface area contributed by atoms with Crippen LogP contribution in [0.25, 0.3) is 0 Å². The topological polar surface area (TPSA) is 69.6 Å². The van der Waals surface area contributed by atoms with E-state index in [0.717, 1.165) is 11.3 Å². The lowest BCUT2D eigenvalue weighted by Gasteiger charge is -2.16. The molecule has 0 aliphatic carbocycles. The van der Waals surface area contributed by atoms with Gasteiger partial charge >= 0.3 is 0 Å². The Bertz CT molecular complexity index is 678. The summed E-state index contributed by atoms with van der Waals surface area (Å²) in [6.45, 7) is 2.39. The normalized spacial score (nSPS) is 10.6. The number of rotatable bonds is 6. The van der Waals surface area contributed by atoms with Crippen LogP contribution in [0.15, 0.2) is 48.5 Å². The molecule has 0 spiro atoms. The van der Waals surface area contributed by atoms with Crippen molar-refractivity contribution in [3.05, 3.63) is 59.7 Å². The first-order valence-electron chi connectivity index (χ1n) is 7.31. The monoisotopic (exact) mass is 312 g/mol. The van der Waals surface area contributed by atoms with Crippen molar-refractivity contribution in [1.29, 1.82) is 0 Å². The fourth-order valence-electron chi connectivity index (χ4n) is 2.25. The molecule has 0 saturated heterocycles. The van der Waals surface area contributed by atoms with Crippen LogP contribution in [0, 0.1) is 0 Å². The average Bonchev–Trinajstić information content (AvgIpc) is 2.49. The number of phenolic OH excluding ortho intramolecular Hbond substituents is 1. The second-order valence-electron chi connectivity index (χ2n) is 5.52. The van der Waals surface area contributed by atoms with Crippen LogP contribution in [-0.2, 0) is 11.3 Å². The molecule has 0 aliphatic rings. The van der Waals surface area contributed by atoms with Gasteiger partial charge in [0.1, 0.15) is 5.75 Å². The smallest absolute Gasteiger partial charge is 0.221 e. The highest BCUT2D eigenvalue weighted by Crippen LogP contribution is 2.13. The molecule has 2 aromatic carbocycles. The molecule has 23 heavy (non-hydrogen) atoms. The fourth-order valence-corrected chi connectivity index (χ4v) is 2.25. The molecule has 2 N–H and O–H groups in total. The molecule has 0 atom stereocenters. The maximum Gasteiger partial charge on any atom is 0.221 e. The van der Waals surface area contributed by atoms with Crippen LogP contribution in [0.1, 0.15) is 22.8 Å². The molecule has 0 unspecified atom stereocenters. The summed E-state index contributed by atoms with van der Waals surface area (Å²) in [5.74, 6) is 0.0471. The quantitative estimate of drug-likeness (QED) is 0.805. The summed E-state index contributed by atoms with van der Waals surface area (Å²) in [5.41, 5.74) is 2.39. The molecule has 0 fully saturated rings. The summed E-state index contributed by atoms with van der Waals surface area (Å²) in [6, 6.07) is 13.8. The van der Waals surface area contributed by atoms with Crippen molar-refractivity contribution in [3.63, 3.8) is 0 Å². The van der Waals surface area contributed by atoms with Gasteiger partial charge < -0.3 is 10.4 Å². The van der Waals surface area contributed by atoms with Gasteiger partial charge in [-0.25, -0.2) is 0 Å². The molecular formula is C18H20N2O3. The minimum Gasteiger partial charge on any atom is -0.508 e. The zero-order valence-corrected chi connectivity index (χ0v) is 13.2. The van der Waals surface area contributed by atoms with Gasteiger partial charge in [0.05, 0.1) is 6.54 Å². The summed E-state index contributed by atoms with van der Waals surface area (Å²) in [5, 5.41) is 12.0. The summed E-state index contributed by atoms with van der Waals surface area (Å²) in [4.78, 5) is 25.1. The number of ketones is 1. The molecule has 0 aliphatic heterocycles. The largest absolute Gasteiger partial charge is 0.508 e. The predicted molar refractivity (Wildman–Crippen MR) is 89.5 cm³/mol. The standard InChI is InChI=1S/C18H20N2O3/c1-13(21)19-16-7-3-14(4-8-16)11-20(2)12-18(23)15-5-9-17(22)10-6-15/h3-10,22H,11-12H2,1-2H3,(H,19,21).